The monoisotopic (exact) mass is 871 g/mol. The fourth-order valence-corrected chi connectivity index (χ4v) is 11.5. The van der Waals surface area contributed by atoms with Crippen molar-refractivity contribution in [1.29, 1.82) is 0 Å². The summed E-state index contributed by atoms with van der Waals surface area (Å²) in [6.45, 7) is 15.7. The van der Waals surface area contributed by atoms with Gasteiger partial charge in [-0.1, -0.05) is 62.4 Å². The molecule has 1 amide bonds. The van der Waals surface area contributed by atoms with Crippen LogP contribution in [0.5, 0.6) is 0 Å². The quantitative estimate of drug-likeness (QED) is 0.195. The summed E-state index contributed by atoms with van der Waals surface area (Å²) in [5.74, 6) is -5.19. The van der Waals surface area contributed by atoms with Crippen molar-refractivity contribution in [2.45, 2.75) is 148 Å². The topological polar surface area (TPSA) is 190 Å². The number of hydrogen-bond donors (Lipinski definition) is 1. The van der Waals surface area contributed by atoms with Crippen LogP contribution in [0.4, 0.5) is 4.79 Å². The zero-order chi connectivity index (χ0) is 45.8. The number of benzene rings is 2. The Bertz CT molecular complexity index is 2270. The van der Waals surface area contributed by atoms with Gasteiger partial charge in [-0.25, -0.2) is 14.4 Å². The maximum absolute atomic E-state index is 15.6. The second-order valence-electron chi connectivity index (χ2n) is 20.0. The van der Waals surface area contributed by atoms with Crippen molar-refractivity contribution >= 4 is 35.8 Å². The van der Waals surface area contributed by atoms with Crippen molar-refractivity contribution in [3.63, 3.8) is 0 Å². The molecule has 15 heteroatoms. The predicted molar refractivity (Wildman–Crippen MR) is 221 cm³/mol. The molecule has 2 saturated heterocycles. The van der Waals surface area contributed by atoms with Gasteiger partial charge < -0.3 is 38.3 Å². The van der Waals surface area contributed by atoms with Crippen LogP contribution in [0.2, 0.25) is 0 Å². The minimum atomic E-state index is -2.21. The number of nitrogens with zero attached hydrogens (tertiary/aromatic N) is 1. The Morgan fingerprint density at radius 1 is 0.857 bits per heavy atom. The van der Waals surface area contributed by atoms with E-state index in [4.69, 9.17) is 33.2 Å². The first kappa shape index (κ1) is 44.5. The number of carbonyl (C=O) groups is 6. The average Bonchev–Trinajstić information content (AvgIpc) is 3.84. The van der Waals surface area contributed by atoms with Crippen molar-refractivity contribution in [2.75, 3.05) is 6.61 Å². The van der Waals surface area contributed by atoms with Crippen LogP contribution in [-0.4, -0.2) is 105 Å². The molecular formula is C48H57NO14. The molecule has 1 N–H and O–H groups in total. The molecule has 2 heterocycles. The first-order valence-corrected chi connectivity index (χ1v) is 21.6. The highest BCUT2D eigenvalue weighted by atomic mass is 16.6. The van der Waals surface area contributed by atoms with Gasteiger partial charge in [0.1, 0.15) is 41.3 Å². The van der Waals surface area contributed by atoms with E-state index in [1.165, 1.54) is 18.7 Å². The van der Waals surface area contributed by atoms with Crippen LogP contribution in [0.25, 0.3) is 0 Å². The van der Waals surface area contributed by atoms with Crippen LogP contribution >= 0.6 is 0 Å². The first-order valence-electron chi connectivity index (χ1n) is 21.6. The molecule has 0 aromatic heterocycles. The Kier molecular flexibility index (Phi) is 10.6. The van der Waals surface area contributed by atoms with Crippen molar-refractivity contribution in [2.24, 2.45) is 22.7 Å². The zero-order valence-corrected chi connectivity index (χ0v) is 37.4. The van der Waals surface area contributed by atoms with Crippen LogP contribution in [-0.2, 0) is 52.3 Å². The number of rotatable bonds is 7. The number of ether oxygens (including phenoxy) is 7. The second-order valence-corrected chi connectivity index (χ2v) is 20.0. The fourth-order valence-electron chi connectivity index (χ4n) is 11.5. The number of amides is 1. The average molecular weight is 872 g/mol. The third-order valence-corrected chi connectivity index (χ3v) is 14.3. The zero-order valence-electron chi connectivity index (χ0n) is 37.4. The lowest BCUT2D eigenvalue weighted by molar-refractivity contribution is -0.323. The van der Waals surface area contributed by atoms with E-state index in [0.717, 1.165) is 0 Å². The van der Waals surface area contributed by atoms with E-state index in [9.17, 15) is 29.1 Å². The molecule has 3 saturated carbocycles. The SMILES string of the molecule is CC(=O)O[C@@H]1C(=O)[C@]23C[C@H]2C[C@H]2OC[C@@]2(OC(C)=O)[C@H]3[C@H](OC(=O)c2ccccc2)[C@]2(O)C[C@H](OC(=O)[C@@H]3OC(C)(C)N(C(=O)OC(C)(C)C)[C@H]3c3ccccc3)C(C)=C1C2(C)C. The molecule has 4 aliphatic carbocycles. The van der Waals surface area contributed by atoms with E-state index in [-0.39, 0.29) is 36.5 Å². The molecule has 338 valence electrons. The third kappa shape index (κ3) is 6.96. The lowest BCUT2D eigenvalue weighted by Gasteiger charge is -2.64. The molecule has 0 radical (unpaired) electrons. The largest absolute Gasteiger partial charge is 0.456 e. The van der Waals surface area contributed by atoms with Crippen molar-refractivity contribution in [1.82, 2.24) is 4.90 Å². The normalized spacial score (nSPS) is 35.9. The highest BCUT2D eigenvalue weighted by Crippen LogP contribution is 2.74. The number of hydrogen-bond acceptors (Lipinski definition) is 14. The van der Waals surface area contributed by atoms with Gasteiger partial charge in [0.25, 0.3) is 0 Å². The van der Waals surface area contributed by atoms with E-state index in [0.29, 0.717) is 17.6 Å². The van der Waals surface area contributed by atoms with Gasteiger partial charge in [-0.15, -0.1) is 0 Å². The van der Waals surface area contributed by atoms with Gasteiger partial charge in [0.05, 0.1) is 18.1 Å². The Labute approximate surface area is 366 Å². The molecule has 11 atom stereocenters. The molecule has 5 fully saturated rings. The van der Waals surface area contributed by atoms with E-state index in [1.54, 1.807) is 116 Å². The lowest BCUT2D eigenvalue weighted by Crippen LogP contribution is -2.78. The number of Topliss-reactive ketones (excluding diaryl/α,β-unsaturated/α-hetero) is 1. The molecule has 0 unspecified atom stereocenters. The molecule has 2 aromatic rings. The summed E-state index contributed by atoms with van der Waals surface area (Å²) in [6.07, 6.45) is -7.11. The van der Waals surface area contributed by atoms with Crippen LogP contribution in [0, 0.1) is 22.7 Å². The smallest absolute Gasteiger partial charge is 0.413 e. The molecule has 2 aromatic carbocycles. The Morgan fingerprint density at radius 2 is 1.49 bits per heavy atom. The lowest BCUT2D eigenvalue weighted by atomic mass is 9.48. The summed E-state index contributed by atoms with van der Waals surface area (Å²) in [4.78, 5) is 86.3. The molecule has 1 spiro atoms. The van der Waals surface area contributed by atoms with E-state index < -0.39 is 112 Å². The van der Waals surface area contributed by atoms with Crippen LogP contribution in [0.3, 0.4) is 0 Å². The van der Waals surface area contributed by atoms with Crippen LogP contribution < -0.4 is 0 Å². The Balaban J connectivity index is 1.28. The highest BCUT2D eigenvalue weighted by molar-refractivity contribution is 5.97. The van der Waals surface area contributed by atoms with E-state index >= 15 is 4.79 Å². The van der Waals surface area contributed by atoms with Gasteiger partial charge in [-0.2, -0.15) is 0 Å². The number of carbonyl (C=O) groups excluding carboxylic acids is 6. The Hall–Kier alpha value is -5.12. The van der Waals surface area contributed by atoms with Gasteiger partial charge in [0.15, 0.2) is 23.6 Å². The van der Waals surface area contributed by atoms with Gasteiger partial charge in [0, 0.05) is 31.1 Å². The number of esters is 4. The highest BCUT2D eigenvalue weighted by Gasteiger charge is 2.84. The fraction of sp³-hybridized carbons (Fsp3) is 0.583. The van der Waals surface area contributed by atoms with E-state index in [1.807, 2.05) is 0 Å². The maximum atomic E-state index is 15.6. The molecule has 8 rings (SSSR count). The van der Waals surface area contributed by atoms with Gasteiger partial charge >= 0.3 is 30.0 Å². The molecule has 2 bridgehead atoms. The molecule has 15 nitrogen and oxygen atoms in total. The van der Waals surface area contributed by atoms with E-state index in [2.05, 4.69) is 0 Å². The Morgan fingerprint density at radius 3 is 2.06 bits per heavy atom. The van der Waals surface area contributed by atoms with Crippen LogP contribution in [0.1, 0.15) is 110 Å². The summed E-state index contributed by atoms with van der Waals surface area (Å²) < 4.78 is 43.5. The van der Waals surface area contributed by atoms with Gasteiger partial charge in [0.2, 0.25) is 0 Å². The summed E-state index contributed by atoms with van der Waals surface area (Å²) in [5.41, 5.74) is -7.67. The molecule has 2 aliphatic heterocycles. The standard InChI is InChI=1S/C48H57NO14/c1-25-31(59-41(54)36-34(28-17-13-11-14-18-28)49(45(9,10)62-36)42(55)63-43(4,5)6)23-48(56)39(60-40(53)29-19-15-12-16-20-29)37-46(38(52)35(58-26(2)50)33(25)44(48,7)8)22-30(46)21-32-47(37,24-57-32)61-27(3)51/h11-20,30-32,34-37,39,56H,21-24H2,1-10H3/t30-,31+,32-,34+,35+,36-,37+,39+,46-,47+,48-/m1/s1. The summed E-state index contributed by atoms with van der Waals surface area (Å²) in [5, 5.41) is 13.8. The number of fused-ring (bicyclic) bond motifs is 4. The minimum absolute atomic E-state index is 0.151. The third-order valence-electron chi connectivity index (χ3n) is 14.3. The maximum Gasteiger partial charge on any atom is 0.413 e. The van der Waals surface area contributed by atoms with Gasteiger partial charge in [-0.05, 0) is 89.1 Å². The minimum Gasteiger partial charge on any atom is -0.456 e. The number of aliphatic hydroxyl groups is 1. The second kappa shape index (κ2) is 15.0. The molecule has 6 aliphatic rings. The van der Waals surface area contributed by atoms with Crippen molar-refractivity contribution in [3.05, 3.63) is 82.9 Å². The summed E-state index contributed by atoms with van der Waals surface area (Å²) in [7, 11) is 0. The summed E-state index contributed by atoms with van der Waals surface area (Å²) >= 11 is 0. The predicted octanol–water partition coefficient (Wildman–Crippen LogP) is 5.96. The number of ketones is 1. The van der Waals surface area contributed by atoms with Crippen molar-refractivity contribution < 1.29 is 67.0 Å². The first-order chi connectivity index (χ1) is 29.4. The van der Waals surface area contributed by atoms with Crippen molar-refractivity contribution in [3.8, 4) is 0 Å². The van der Waals surface area contributed by atoms with Gasteiger partial charge in [-0.3, -0.25) is 19.3 Å². The molecule has 63 heavy (non-hydrogen) atoms. The summed E-state index contributed by atoms with van der Waals surface area (Å²) in [6, 6.07) is 16.0. The van der Waals surface area contributed by atoms with Crippen LogP contribution in [0.15, 0.2) is 71.8 Å². The molecular weight excluding hydrogens is 815 g/mol.